The summed E-state index contributed by atoms with van der Waals surface area (Å²) >= 11 is 0. The van der Waals surface area contributed by atoms with Crippen LogP contribution in [0.25, 0.3) is 0 Å². The molecule has 0 saturated heterocycles. The summed E-state index contributed by atoms with van der Waals surface area (Å²) in [4.78, 5) is 0. The van der Waals surface area contributed by atoms with Crippen molar-refractivity contribution in [3.63, 3.8) is 0 Å². The third-order valence-corrected chi connectivity index (χ3v) is 3.18. The Bertz CT molecular complexity index is 585. The highest BCUT2D eigenvalue weighted by atomic mass is 19.1. The highest BCUT2D eigenvalue weighted by Crippen LogP contribution is 2.11. The summed E-state index contributed by atoms with van der Waals surface area (Å²) in [5.74, 6) is -0.531. The van der Waals surface area contributed by atoms with Gasteiger partial charge in [-0.15, -0.1) is 0 Å². The Labute approximate surface area is 124 Å². The maximum atomic E-state index is 13.2. The fourth-order valence-electron chi connectivity index (χ4n) is 2.20. The lowest BCUT2D eigenvalue weighted by atomic mass is 10.2. The summed E-state index contributed by atoms with van der Waals surface area (Å²) < 4.78 is 28.1. The predicted molar refractivity (Wildman–Crippen MR) is 79.0 cm³/mol. The Balaban J connectivity index is 2.04. The second-order valence-corrected chi connectivity index (χ2v) is 5.74. The van der Waals surface area contributed by atoms with E-state index in [1.54, 1.807) is 4.68 Å². The van der Waals surface area contributed by atoms with Gasteiger partial charge in [0.25, 0.3) is 0 Å². The molecule has 2 aromatic rings. The van der Waals surface area contributed by atoms with Gasteiger partial charge in [0, 0.05) is 24.4 Å². The molecule has 114 valence electrons. The van der Waals surface area contributed by atoms with Crippen molar-refractivity contribution in [3.8, 4) is 0 Å². The first kappa shape index (κ1) is 15.6. The van der Waals surface area contributed by atoms with Crippen LogP contribution >= 0.6 is 0 Å². The molecule has 0 unspecified atom stereocenters. The zero-order valence-corrected chi connectivity index (χ0v) is 12.7. The maximum Gasteiger partial charge on any atom is 0.126 e. The molecular formula is C16H21F2N3. The molecule has 0 fully saturated rings. The van der Waals surface area contributed by atoms with Crippen LogP contribution in [0.1, 0.15) is 30.7 Å². The average Bonchev–Trinajstić information content (AvgIpc) is 2.67. The number of aryl methyl sites for hydroxylation is 1. The molecule has 0 atom stereocenters. The van der Waals surface area contributed by atoms with Crippen molar-refractivity contribution >= 4 is 0 Å². The van der Waals surface area contributed by atoms with Gasteiger partial charge in [-0.05, 0) is 37.1 Å². The smallest absolute Gasteiger partial charge is 0.126 e. The number of benzene rings is 1. The van der Waals surface area contributed by atoms with Crippen LogP contribution in [-0.4, -0.2) is 16.3 Å². The Morgan fingerprint density at radius 3 is 2.48 bits per heavy atom. The zero-order chi connectivity index (χ0) is 15.4. The first-order valence-corrected chi connectivity index (χ1v) is 7.12. The normalized spacial score (nSPS) is 11.3. The SMILES string of the molecule is Cc1nn(Cc2cc(F)cc(F)c2)cc1CNCC(C)C. The van der Waals surface area contributed by atoms with Gasteiger partial charge in [-0.2, -0.15) is 5.10 Å². The van der Waals surface area contributed by atoms with Crippen molar-refractivity contribution in [2.24, 2.45) is 5.92 Å². The van der Waals surface area contributed by atoms with Crippen LogP contribution < -0.4 is 5.32 Å². The third kappa shape index (κ3) is 4.63. The van der Waals surface area contributed by atoms with Crippen LogP contribution in [0.5, 0.6) is 0 Å². The lowest BCUT2D eigenvalue weighted by Crippen LogP contribution is -2.19. The molecule has 0 aliphatic rings. The van der Waals surface area contributed by atoms with Crippen LogP contribution in [-0.2, 0) is 13.1 Å². The quantitative estimate of drug-likeness (QED) is 0.886. The highest BCUT2D eigenvalue weighted by molar-refractivity contribution is 5.20. The lowest BCUT2D eigenvalue weighted by molar-refractivity contribution is 0.551. The topological polar surface area (TPSA) is 29.9 Å². The summed E-state index contributed by atoms with van der Waals surface area (Å²) in [6, 6.07) is 3.53. The molecule has 1 heterocycles. The van der Waals surface area contributed by atoms with Crippen molar-refractivity contribution < 1.29 is 8.78 Å². The average molecular weight is 293 g/mol. The van der Waals surface area contributed by atoms with E-state index < -0.39 is 11.6 Å². The Hall–Kier alpha value is -1.75. The van der Waals surface area contributed by atoms with Crippen molar-refractivity contribution in [1.82, 2.24) is 15.1 Å². The second kappa shape index (κ2) is 6.80. The van der Waals surface area contributed by atoms with E-state index in [9.17, 15) is 8.78 Å². The van der Waals surface area contributed by atoms with Gasteiger partial charge < -0.3 is 5.32 Å². The number of hydrogen-bond acceptors (Lipinski definition) is 2. The standard InChI is InChI=1S/C16H21F2N3/c1-11(2)7-19-8-14-10-21(20-12(14)3)9-13-4-15(17)6-16(18)5-13/h4-6,10-11,19H,7-9H2,1-3H3. The van der Waals surface area contributed by atoms with Gasteiger partial charge >= 0.3 is 0 Å². The van der Waals surface area contributed by atoms with Gasteiger partial charge in [-0.25, -0.2) is 8.78 Å². The fraction of sp³-hybridized carbons (Fsp3) is 0.438. The largest absolute Gasteiger partial charge is 0.312 e. The molecule has 0 aliphatic heterocycles. The summed E-state index contributed by atoms with van der Waals surface area (Å²) in [6.07, 6.45) is 1.92. The zero-order valence-electron chi connectivity index (χ0n) is 12.7. The number of nitrogens with one attached hydrogen (secondary N) is 1. The molecule has 1 aromatic heterocycles. The number of hydrogen-bond donors (Lipinski definition) is 1. The minimum absolute atomic E-state index is 0.361. The molecule has 1 N–H and O–H groups in total. The van der Waals surface area contributed by atoms with E-state index in [0.29, 0.717) is 18.0 Å². The van der Waals surface area contributed by atoms with Gasteiger partial charge in [0.1, 0.15) is 11.6 Å². The Morgan fingerprint density at radius 2 is 1.86 bits per heavy atom. The number of rotatable bonds is 6. The molecule has 0 amide bonds. The highest BCUT2D eigenvalue weighted by Gasteiger charge is 2.07. The summed E-state index contributed by atoms with van der Waals surface area (Å²) in [5, 5.41) is 7.76. The van der Waals surface area contributed by atoms with Gasteiger partial charge in [0.15, 0.2) is 0 Å². The van der Waals surface area contributed by atoms with Crippen LogP contribution in [0, 0.1) is 24.5 Å². The fourth-order valence-corrected chi connectivity index (χ4v) is 2.20. The van der Waals surface area contributed by atoms with E-state index in [4.69, 9.17) is 0 Å². The maximum absolute atomic E-state index is 13.2. The first-order chi connectivity index (χ1) is 9.94. The molecule has 0 saturated carbocycles. The molecular weight excluding hydrogens is 272 g/mol. The first-order valence-electron chi connectivity index (χ1n) is 7.12. The van der Waals surface area contributed by atoms with Gasteiger partial charge in [-0.3, -0.25) is 4.68 Å². The molecule has 0 spiro atoms. The van der Waals surface area contributed by atoms with Gasteiger partial charge in [0.05, 0.1) is 12.2 Å². The molecule has 0 aliphatic carbocycles. The van der Waals surface area contributed by atoms with Gasteiger partial charge in [-0.1, -0.05) is 13.8 Å². The molecule has 21 heavy (non-hydrogen) atoms. The minimum atomic E-state index is -0.562. The Morgan fingerprint density at radius 1 is 1.19 bits per heavy atom. The van der Waals surface area contributed by atoms with Crippen LogP contribution in [0.2, 0.25) is 0 Å². The van der Waals surface area contributed by atoms with Crippen molar-refractivity contribution in [3.05, 3.63) is 52.9 Å². The van der Waals surface area contributed by atoms with Crippen molar-refractivity contribution in [2.45, 2.75) is 33.9 Å². The van der Waals surface area contributed by atoms with Crippen molar-refractivity contribution in [2.75, 3.05) is 6.54 Å². The molecule has 0 radical (unpaired) electrons. The number of aromatic nitrogens is 2. The van der Waals surface area contributed by atoms with Crippen LogP contribution in [0.3, 0.4) is 0 Å². The monoisotopic (exact) mass is 293 g/mol. The lowest BCUT2D eigenvalue weighted by Gasteiger charge is -2.06. The van der Waals surface area contributed by atoms with E-state index in [1.807, 2.05) is 13.1 Å². The van der Waals surface area contributed by atoms with E-state index >= 15 is 0 Å². The Kier molecular flexibility index (Phi) is 5.07. The van der Waals surface area contributed by atoms with Crippen LogP contribution in [0.15, 0.2) is 24.4 Å². The molecule has 1 aromatic carbocycles. The molecule has 5 heteroatoms. The summed E-state index contributed by atoms with van der Waals surface area (Å²) in [5.41, 5.74) is 2.60. The van der Waals surface area contributed by atoms with E-state index in [2.05, 4.69) is 24.3 Å². The second-order valence-electron chi connectivity index (χ2n) is 5.74. The third-order valence-electron chi connectivity index (χ3n) is 3.18. The van der Waals surface area contributed by atoms with Crippen molar-refractivity contribution in [1.29, 1.82) is 0 Å². The molecule has 0 bridgehead atoms. The van der Waals surface area contributed by atoms with E-state index in [1.165, 1.54) is 12.1 Å². The molecule has 2 rings (SSSR count). The van der Waals surface area contributed by atoms with Gasteiger partial charge in [0.2, 0.25) is 0 Å². The predicted octanol–water partition coefficient (Wildman–Crippen LogP) is 3.26. The van der Waals surface area contributed by atoms with E-state index in [0.717, 1.165) is 30.4 Å². The minimum Gasteiger partial charge on any atom is -0.312 e. The molecule has 3 nitrogen and oxygen atoms in total. The van der Waals surface area contributed by atoms with Crippen LogP contribution in [0.4, 0.5) is 8.78 Å². The number of nitrogens with zero attached hydrogens (tertiary/aromatic N) is 2. The summed E-state index contributed by atoms with van der Waals surface area (Å²) in [6.45, 7) is 8.31. The summed E-state index contributed by atoms with van der Waals surface area (Å²) in [7, 11) is 0. The number of halogens is 2. The van der Waals surface area contributed by atoms with E-state index in [-0.39, 0.29) is 0 Å².